The van der Waals surface area contributed by atoms with Gasteiger partial charge in [-0.05, 0) is 25.0 Å². The van der Waals surface area contributed by atoms with Crippen LogP contribution in [0.3, 0.4) is 0 Å². The molecule has 1 saturated heterocycles. The summed E-state index contributed by atoms with van der Waals surface area (Å²) in [6.07, 6.45) is 1.52. The van der Waals surface area contributed by atoms with Gasteiger partial charge in [-0.2, -0.15) is 0 Å². The average molecular weight is 328 g/mol. The van der Waals surface area contributed by atoms with Crippen molar-refractivity contribution in [3.63, 3.8) is 0 Å². The molecule has 0 saturated carbocycles. The van der Waals surface area contributed by atoms with Crippen molar-refractivity contribution in [2.75, 3.05) is 18.4 Å². The summed E-state index contributed by atoms with van der Waals surface area (Å²) in [4.78, 5) is 37.7. The highest BCUT2D eigenvalue weighted by molar-refractivity contribution is 6.11. The van der Waals surface area contributed by atoms with Crippen molar-refractivity contribution in [3.05, 3.63) is 30.0 Å². The molecule has 2 aromatic rings. The smallest absolute Gasteiger partial charge is 0.229 e. The molecule has 126 valence electrons. The zero-order valence-corrected chi connectivity index (χ0v) is 13.8. The fourth-order valence-corrected chi connectivity index (χ4v) is 3.12. The van der Waals surface area contributed by atoms with Gasteiger partial charge in [0.15, 0.2) is 11.5 Å². The predicted molar refractivity (Wildman–Crippen MR) is 89.8 cm³/mol. The van der Waals surface area contributed by atoms with Gasteiger partial charge in [-0.15, -0.1) is 0 Å². The minimum Gasteiger partial charge on any atom is -0.451 e. The molecule has 2 heterocycles. The maximum absolute atomic E-state index is 12.7. The molecule has 1 aliphatic heterocycles. The van der Waals surface area contributed by atoms with E-state index in [-0.39, 0.29) is 29.3 Å². The summed E-state index contributed by atoms with van der Waals surface area (Å²) in [6.45, 7) is 4.02. The normalized spacial score (nSPS) is 17.8. The molecular weight excluding hydrogens is 308 g/mol. The number of piperidine rings is 1. The quantitative estimate of drug-likeness (QED) is 0.879. The van der Waals surface area contributed by atoms with Crippen molar-refractivity contribution in [2.45, 2.75) is 26.7 Å². The van der Waals surface area contributed by atoms with Crippen molar-refractivity contribution in [2.24, 2.45) is 5.92 Å². The van der Waals surface area contributed by atoms with Gasteiger partial charge in [-0.3, -0.25) is 14.4 Å². The number of Topliss-reactive ketones (excluding diaryl/α,β-unsaturated/α-hetero) is 1. The fraction of sp³-hybridized carbons (Fsp3) is 0.389. The molecule has 2 amide bonds. The summed E-state index contributed by atoms with van der Waals surface area (Å²) < 4.78 is 5.58. The van der Waals surface area contributed by atoms with Crippen LogP contribution in [0, 0.1) is 5.92 Å². The zero-order chi connectivity index (χ0) is 17.3. The van der Waals surface area contributed by atoms with Crippen LogP contribution in [0.4, 0.5) is 5.69 Å². The standard InChI is InChI=1S/C18H20N2O4/c1-11(21)17-16(14-7-3-4-8-15(14)24-17)19-18(23)13-6-5-9-20(10-13)12(2)22/h3-4,7-8,13H,5-6,9-10H2,1-2H3,(H,19,23)/t13-/m1/s1. The topological polar surface area (TPSA) is 79.6 Å². The molecule has 6 heteroatoms. The van der Waals surface area contributed by atoms with Gasteiger partial charge in [0.25, 0.3) is 0 Å². The number of benzene rings is 1. The number of furan rings is 1. The minimum absolute atomic E-state index is 0.0225. The number of ketones is 1. The Hall–Kier alpha value is -2.63. The highest BCUT2D eigenvalue weighted by atomic mass is 16.3. The fourth-order valence-electron chi connectivity index (χ4n) is 3.12. The summed E-state index contributed by atoms with van der Waals surface area (Å²) in [5.41, 5.74) is 0.982. The Morgan fingerprint density at radius 1 is 1.21 bits per heavy atom. The Balaban J connectivity index is 1.86. The first-order valence-electron chi connectivity index (χ1n) is 8.06. The van der Waals surface area contributed by atoms with Crippen LogP contribution in [-0.2, 0) is 9.59 Å². The van der Waals surface area contributed by atoms with Gasteiger partial charge in [0.2, 0.25) is 11.8 Å². The molecule has 0 unspecified atom stereocenters. The van der Waals surface area contributed by atoms with E-state index in [1.165, 1.54) is 13.8 Å². The second-order valence-corrected chi connectivity index (χ2v) is 6.15. The van der Waals surface area contributed by atoms with Gasteiger partial charge < -0.3 is 14.6 Å². The van der Waals surface area contributed by atoms with Crippen LogP contribution < -0.4 is 5.32 Å². The van der Waals surface area contributed by atoms with Crippen LogP contribution in [0.2, 0.25) is 0 Å². The lowest BCUT2D eigenvalue weighted by atomic mass is 9.97. The molecule has 1 aromatic carbocycles. The number of fused-ring (bicyclic) bond motifs is 1. The molecule has 3 rings (SSSR count). The summed E-state index contributed by atoms with van der Waals surface area (Å²) >= 11 is 0. The molecule has 0 radical (unpaired) electrons. The number of likely N-dealkylation sites (tertiary alicyclic amines) is 1. The average Bonchev–Trinajstić information content (AvgIpc) is 2.94. The first-order valence-corrected chi connectivity index (χ1v) is 8.06. The predicted octanol–water partition coefficient (Wildman–Crippen LogP) is 2.83. The number of nitrogens with one attached hydrogen (secondary N) is 1. The number of hydrogen-bond acceptors (Lipinski definition) is 4. The summed E-state index contributed by atoms with van der Waals surface area (Å²) in [5, 5.41) is 3.56. The number of anilines is 1. The van der Waals surface area contributed by atoms with E-state index in [9.17, 15) is 14.4 Å². The maximum atomic E-state index is 12.7. The van der Waals surface area contributed by atoms with Crippen LogP contribution in [0.5, 0.6) is 0 Å². The van der Waals surface area contributed by atoms with E-state index in [0.717, 1.165) is 12.8 Å². The lowest BCUT2D eigenvalue weighted by Crippen LogP contribution is -2.42. The van der Waals surface area contributed by atoms with Crippen LogP contribution >= 0.6 is 0 Å². The molecule has 6 nitrogen and oxygen atoms in total. The van der Waals surface area contributed by atoms with Crippen LogP contribution in [-0.4, -0.2) is 35.6 Å². The lowest BCUT2D eigenvalue weighted by molar-refractivity contribution is -0.132. The third kappa shape index (κ3) is 3.04. The molecule has 1 aliphatic rings. The number of para-hydroxylation sites is 1. The second-order valence-electron chi connectivity index (χ2n) is 6.15. The van der Waals surface area contributed by atoms with Gasteiger partial charge in [-0.1, -0.05) is 12.1 Å². The molecule has 0 spiro atoms. The number of amides is 2. The third-order valence-electron chi connectivity index (χ3n) is 4.40. The van der Waals surface area contributed by atoms with Gasteiger partial charge in [0, 0.05) is 32.3 Å². The van der Waals surface area contributed by atoms with E-state index in [1.54, 1.807) is 11.0 Å². The summed E-state index contributed by atoms with van der Waals surface area (Å²) in [5.74, 6) is -0.573. The monoisotopic (exact) mass is 328 g/mol. The van der Waals surface area contributed by atoms with Crippen LogP contribution in [0.25, 0.3) is 11.0 Å². The van der Waals surface area contributed by atoms with E-state index >= 15 is 0 Å². The summed E-state index contributed by atoms with van der Waals surface area (Å²) in [6, 6.07) is 7.21. The Morgan fingerprint density at radius 3 is 2.67 bits per heavy atom. The number of rotatable bonds is 3. The van der Waals surface area contributed by atoms with Crippen LogP contribution in [0.1, 0.15) is 37.2 Å². The first kappa shape index (κ1) is 16.2. The Morgan fingerprint density at radius 2 is 1.96 bits per heavy atom. The van der Waals surface area contributed by atoms with Gasteiger partial charge in [0.1, 0.15) is 5.58 Å². The summed E-state index contributed by atoms with van der Waals surface area (Å²) in [7, 11) is 0. The highest BCUT2D eigenvalue weighted by Gasteiger charge is 2.29. The maximum Gasteiger partial charge on any atom is 0.229 e. The molecule has 1 aromatic heterocycles. The van der Waals surface area contributed by atoms with Crippen molar-refractivity contribution in [1.29, 1.82) is 0 Å². The van der Waals surface area contributed by atoms with E-state index in [1.807, 2.05) is 18.2 Å². The van der Waals surface area contributed by atoms with E-state index in [4.69, 9.17) is 4.42 Å². The molecule has 0 bridgehead atoms. The zero-order valence-electron chi connectivity index (χ0n) is 13.8. The Bertz CT molecular complexity index is 808. The highest BCUT2D eigenvalue weighted by Crippen LogP contribution is 2.32. The third-order valence-corrected chi connectivity index (χ3v) is 4.40. The Kier molecular flexibility index (Phi) is 4.38. The Labute approximate surface area is 139 Å². The molecule has 1 fully saturated rings. The number of carbonyl (C=O) groups is 3. The van der Waals surface area contributed by atoms with Gasteiger partial charge in [-0.25, -0.2) is 0 Å². The number of hydrogen-bond donors (Lipinski definition) is 1. The van der Waals surface area contributed by atoms with E-state index in [2.05, 4.69) is 5.32 Å². The van der Waals surface area contributed by atoms with Gasteiger partial charge in [0.05, 0.1) is 11.6 Å². The SMILES string of the molecule is CC(=O)c1oc2ccccc2c1NC(=O)[C@@H]1CCCN(C(C)=O)C1. The lowest BCUT2D eigenvalue weighted by Gasteiger charge is -2.31. The van der Waals surface area contributed by atoms with Crippen molar-refractivity contribution in [1.82, 2.24) is 4.90 Å². The van der Waals surface area contributed by atoms with E-state index < -0.39 is 0 Å². The second kappa shape index (κ2) is 6.47. The largest absolute Gasteiger partial charge is 0.451 e. The van der Waals surface area contributed by atoms with Gasteiger partial charge >= 0.3 is 0 Å². The molecule has 1 N–H and O–H groups in total. The molecule has 1 atom stereocenters. The first-order chi connectivity index (χ1) is 11.5. The molecule has 0 aliphatic carbocycles. The van der Waals surface area contributed by atoms with Crippen molar-refractivity contribution >= 4 is 34.3 Å². The van der Waals surface area contributed by atoms with E-state index in [0.29, 0.717) is 29.7 Å². The van der Waals surface area contributed by atoms with Crippen molar-refractivity contribution in [3.8, 4) is 0 Å². The van der Waals surface area contributed by atoms with Crippen LogP contribution in [0.15, 0.2) is 28.7 Å². The number of nitrogens with zero attached hydrogens (tertiary/aromatic N) is 1. The molecular formula is C18H20N2O4. The van der Waals surface area contributed by atoms with Crippen molar-refractivity contribution < 1.29 is 18.8 Å². The minimum atomic E-state index is -0.281. The molecule has 24 heavy (non-hydrogen) atoms. The number of carbonyl (C=O) groups excluding carboxylic acids is 3.